The topological polar surface area (TPSA) is 125 Å². The molecule has 1 heterocycles. The summed E-state index contributed by atoms with van der Waals surface area (Å²) in [6.45, 7) is 1.42. The van der Waals surface area contributed by atoms with E-state index in [9.17, 15) is 24.0 Å². The summed E-state index contributed by atoms with van der Waals surface area (Å²) in [5, 5.41) is 4.87. The van der Waals surface area contributed by atoms with Crippen LogP contribution in [0.4, 0.5) is 10.5 Å². The van der Waals surface area contributed by atoms with Gasteiger partial charge < -0.3 is 15.4 Å². The number of urea groups is 1. The molecule has 0 atom stereocenters. The number of rotatable bonds is 8. The maximum atomic E-state index is 12.4. The van der Waals surface area contributed by atoms with Crippen LogP contribution in [0.3, 0.4) is 0 Å². The van der Waals surface area contributed by atoms with Gasteiger partial charge >= 0.3 is 17.8 Å². The second-order valence-electron chi connectivity index (χ2n) is 5.64. The Morgan fingerprint density at radius 3 is 2.26 bits per heavy atom. The Labute approximate surface area is 155 Å². The Kier molecular flexibility index (Phi) is 6.47. The summed E-state index contributed by atoms with van der Waals surface area (Å²) in [6.07, 6.45) is 0.750. The van der Waals surface area contributed by atoms with Crippen LogP contribution in [0.25, 0.3) is 0 Å². The smallest absolute Gasteiger partial charge is 0.339 e. The Morgan fingerprint density at radius 1 is 1.00 bits per heavy atom. The molecule has 6 amide bonds. The quantitative estimate of drug-likeness (QED) is 0.471. The lowest BCUT2D eigenvalue weighted by Gasteiger charge is -2.15. The Balaban J connectivity index is 2.00. The largest absolute Gasteiger partial charge is 0.497 e. The van der Waals surface area contributed by atoms with E-state index < -0.39 is 30.3 Å². The van der Waals surface area contributed by atoms with E-state index in [0.717, 1.165) is 6.42 Å². The summed E-state index contributed by atoms with van der Waals surface area (Å²) in [7, 11) is 1.47. The number of amides is 6. The lowest BCUT2D eigenvalue weighted by atomic mass is 10.3. The number of nitrogens with one attached hydrogen (secondary N) is 2. The average molecular weight is 376 g/mol. The molecule has 27 heavy (non-hydrogen) atoms. The van der Waals surface area contributed by atoms with Crippen molar-refractivity contribution in [1.29, 1.82) is 0 Å². The van der Waals surface area contributed by atoms with Crippen LogP contribution in [0.1, 0.15) is 13.3 Å². The van der Waals surface area contributed by atoms with Gasteiger partial charge in [0.2, 0.25) is 11.8 Å². The van der Waals surface area contributed by atoms with E-state index >= 15 is 0 Å². The molecule has 1 fully saturated rings. The van der Waals surface area contributed by atoms with Gasteiger partial charge in [0.1, 0.15) is 12.3 Å². The van der Waals surface area contributed by atoms with Gasteiger partial charge in [0.15, 0.2) is 0 Å². The number of hydrogen-bond acceptors (Lipinski definition) is 6. The Hall–Kier alpha value is -3.43. The molecular weight excluding hydrogens is 356 g/mol. The number of imide groups is 2. The molecule has 1 aliphatic heterocycles. The van der Waals surface area contributed by atoms with Gasteiger partial charge in [0.25, 0.3) is 0 Å². The molecule has 144 valence electrons. The fraction of sp³-hybridized carbons (Fsp3) is 0.353. The highest BCUT2D eigenvalue weighted by Gasteiger charge is 2.46. The predicted molar refractivity (Wildman–Crippen MR) is 93.9 cm³/mol. The van der Waals surface area contributed by atoms with Crippen LogP contribution in [0, 0.1) is 0 Å². The van der Waals surface area contributed by atoms with Crippen molar-refractivity contribution in [2.45, 2.75) is 13.3 Å². The van der Waals surface area contributed by atoms with Gasteiger partial charge in [-0.05, 0) is 30.7 Å². The summed E-state index contributed by atoms with van der Waals surface area (Å²) >= 11 is 0. The number of carbonyl (C=O) groups is 5. The van der Waals surface area contributed by atoms with Crippen molar-refractivity contribution in [3.8, 4) is 5.75 Å². The third kappa shape index (κ3) is 4.60. The van der Waals surface area contributed by atoms with Crippen molar-refractivity contribution in [3.05, 3.63) is 24.3 Å². The highest BCUT2D eigenvalue weighted by Crippen LogP contribution is 2.24. The number of nitrogens with zero attached hydrogens (tertiary/aromatic N) is 2. The van der Waals surface area contributed by atoms with Crippen molar-refractivity contribution in [2.75, 3.05) is 31.6 Å². The normalized spacial score (nSPS) is 13.8. The first kappa shape index (κ1) is 19.9. The maximum absolute atomic E-state index is 12.4. The van der Waals surface area contributed by atoms with Crippen molar-refractivity contribution in [1.82, 2.24) is 15.5 Å². The van der Waals surface area contributed by atoms with Gasteiger partial charge in [0, 0.05) is 6.54 Å². The average Bonchev–Trinajstić information content (AvgIpc) is 2.88. The number of carbonyl (C=O) groups excluding carboxylic acids is 5. The fourth-order valence-electron chi connectivity index (χ4n) is 2.31. The monoisotopic (exact) mass is 376 g/mol. The van der Waals surface area contributed by atoms with Crippen LogP contribution >= 0.6 is 0 Å². The van der Waals surface area contributed by atoms with Crippen molar-refractivity contribution in [2.24, 2.45) is 0 Å². The SMILES string of the molecule is CCCNC(=O)CNC(=O)CN1C(=O)C(=O)N(c2ccc(OC)cc2)C1=O. The predicted octanol–water partition coefficient (Wildman–Crippen LogP) is -0.367. The summed E-state index contributed by atoms with van der Waals surface area (Å²) in [4.78, 5) is 61.2. The summed E-state index contributed by atoms with van der Waals surface area (Å²) in [5.41, 5.74) is 0.181. The molecule has 0 bridgehead atoms. The molecular formula is C17H20N4O6. The first-order valence-electron chi connectivity index (χ1n) is 8.26. The zero-order valence-corrected chi connectivity index (χ0v) is 15.0. The molecule has 0 unspecified atom stereocenters. The molecule has 2 N–H and O–H groups in total. The van der Waals surface area contributed by atoms with E-state index in [1.807, 2.05) is 6.92 Å². The Bertz CT molecular complexity index is 761. The van der Waals surface area contributed by atoms with Gasteiger partial charge in [-0.2, -0.15) is 0 Å². The van der Waals surface area contributed by atoms with E-state index in [4.69, 9.17) is 4.74 Å². The highest BCUT2D eigenvalue weighted by molar-refractivity contribution is 6.53. The zero-order chi connectivity index (χ0) is 20.0. The van der Waals surface area contributed by atoms with Crippen molar-refractivity contribution < 1.29 is 28.7 Å². The zero-order valence-electron chi connectivity index (χ0n) is 15.0. The van der Waals surface area contributed by atoms with E-state index in [-0.39, 0.29) is 18.1 Å². The molecule has 0 saturated carbocycles. The van der Waals surface area contributed by atoms with Crippen LogP contribution in [0.2, 0.25) is 0 Å². The molecule has 0 spiro atoms. The van der Waals surface area contributed by atoms with Crippen LogP contribution < -0.4 is 20.3 Å². The van der Waals surface area contributed by atoms with Gasteiger partial charge in [-0.3, -0.25) is 19.2 Å². The standard InChI is InChI=1S/C17H20N4O6/c1-3-8-18-13(22)9-19-14(23)10-20-15(24)16(25)21(17(20)26)11-4-6-12(27-2)7-5-11/h4-7H,3,8-10H2,1-2H3,(H,18,22)(H,19,23). The number of methoxy groups -OCH3 is 1. The second kappa shape index (κ2) is 8.79. The molecule has 10 heteroatoms. The molecule has 1 aromatic carbocycles. The molecule has 1 aromatic rings. The number of hydrogen-bond donors (Lipinski definition) is 2. The minimum atomic E-state index is -1.11. The second-order valence-corrected chi connectivity index (χ2v) is 5.64. The van der Waals surface area contributed by atoms with E-state index in [1.165, 1.54) is 31.4 Å². The van der Waals surface area contributed by atoms with Crippen LogP contribution in [-0.2, 0) is 19.2 Å². The highest BCUT2D eigenvalue weighted by atomic mass is 16.5. The minimum absolute atomic E-state index is 0.181. The van der Waals surface area contributed by atoms with Crippen LogP contribution in [0.5, 0.6) is 5.75 Å². The van der Waals surface area contributed by atoms with E-state index in [0.29, 0.717) is 22.1 Å². The number of anilines is 1. The van der Waals surface area contributed by atoms with Crippen LogP contribution in [0.15, 0.2) is 24.3 Å². The van der Waals surface area contributed by atoms with Gasteiger partial charge in [0.05, 0.1) is 19.3 Å². The van der Waals surface area contributed by atoms with Crippen molar-refractivity contribution in [3.63, 3.8) is 0 Å². The fourth-order valence-corrected chi connectivity index (χ4v) is 2.31. The first-order chi connectivity index (χ1) is 12.9. The first-order valence-corrected chi connectivity index (χ1v) is 8.26. The van der Waals surface area contributed by atoms with Gasteiger partial charge in [-0.1, -0.05) is 6.92 Å². The summed E-state index contributed by atoms with van der Waals surface area (Å²) in [6, 6.07) is 5.03. The van der Waals surface area contributed by atoms with Crippen molar-refractivity contribution >= 4 is 35.3 Å². The van der Waals surface area contributed by atoms with E-state index in [2.05, 4.69) is 10.6 Å². The minimum Gasteiger partial charge on any atom is -0.497 e. The number of benzene rings is 1. The van der Waals surface area contributed by atoms with E-state index in [1.54, 1.807) is 0 Å². The molecule has 1 saturated heterocycles. The van der Waals surface area contributed by atoms with Crippen LogP contribution in [-0.4, -0.2) is 61.3 Å². The lowest BCUT2D eigenvalue weighted by Crippen LogP contribution is -2.44. The molecule has 0 aliphatic carbocycles. The summed E-state index contributed by atoms with van der Waals surface area (Å²) in [5.74, 6) is -2.77. The Morgan fingerprint density at radius 2 is 1.67 bits per heavy atom. The third-order valence-electron chi connectivity index (χ3n) is 3.70. The lowest BCUT2D eigenvalue weighted by molar-refractivity contribution is -0.140. The maximum Gasteiger partial charge on any atom is 0.339 e. The molecule has 1 aliphatic rings. The number of ether oxygens (including phenoxy) is 1. The van der Waals surface area contributed by atoms with Gasteiger partial charge in [-0.15, -0.1) is 0 Å². The third-order valence-corrected chi connectivity index (χ3v) is 3.70. The summed E-state index contributed by atoms with van der Waals surface area (Å²) < 4.78 is 5.00. The molecule has 0 radical (unpaired) electrons. The molecule has 0 aromatic heterocycles. The molecule has 2 rings (SSSR count). The van der Waals surface area contributed by atoms with Gasteiger partial charge in [-0.25, -0.2) is 14.6 Å². The molecule has 10 nitrogen and oxygen atoms in total.